The molecule has 0 radical (unpaired) electrons. The lowest BCUT2D eigenvalue weighted by molar-refractivity contribution is -0.143. The van der Waals surface area contributed by atoms with E-state index in [0.717, 1.165) is 5.56 Å². The van der Waals surface area contributed by atoms with Crippen molar-refractivity contribution in [2.45, 2.75) is 39.7 Å². The van der Waals surface area contributed by atoms with Gasteiger partial charge < -0.3 is 14.2 Å². The summed E-state index contributed by atoms with van der Waals surface area (Å²) in [5, 5.41) is 0.876. The molecule has 140 valence electrons. The number of benzene rings is 1. The first kappa shape index (κ1) is 20.3. The molecule has 1 aromatic heterocycles. The lowest BCUT2D eigenvalue weighted by Gasteiger charge is -2.14. The number of halogens is 2. The van der Waals surface area contributed by atoms with Crippen molar-refractivity contribution in [2.24, 2.45) is 0 Å². The Kier molecular flexibility index (Phi) is 7.54. The Hall–Kier alpha value is -1.98. The van der Waals surface area contributed by atoms with Crippen LogP contribution in [0.2, 0.25) is 10.0 Å². The van der Waals surface area contributed by atoms with Crippen LogP contribution >= 0.6 is 23.2 Å². The molecule has 0 aliphatic rings. The summed E-state index contributed by atoms with van der Waals surface area (Å²) in [6.45, 7) is 5.94. The summed E-state index contributed by atoms with van der Waals surface area (Å²) in [6, 6.07) is 8.50. The molecule has 7 heteroatoms. The Bertz CT molecular complexity index is 765. The van der Waals surface area contributed by atoms with Crippen molar-refractivity contribution in [3.63, 3.8) is 0 Å². The molecule has 0 fully saturated rings. The quantitative estimate of drug-likeness (QED) is 0.553. The van der Waals surface area contributed by atoms with Gasteiger partial charge in [0.25, 0.3) is 0 Å². The number of hydrogen-bond donors (Lipinski definition) is 0. The zero-order chi connectivity index (χ0) is 19.1. The molecule has 0 saturated carbocycles. The molecule has 0 amide bonds. The van der Waals surface area contributed by atoms with Crippen LogP contribution in [0.25, 0.3) is 0 Å². The molecular weight excluding hydrogens is 377 g/mol. The van der Waals surface area contributed by atoms with Crippen LogP contribution in [0, 0.1) is 0 Å². The largest absolute Gasteiger partial charge is 0.475 e. The Balaban J connectivity index is 2.27. The molecule has 0 atom stereocenters. The Morgan fingerprint density at radius 1 is 1.19 bits per heavy atom. The molecule has 2 rings (SSSR count). The van der Waals surface area contributed by atoms with Gasteiger partial charge in [-0.05, 0) is 51.5 Å². The second-order valence-corrected chi connectivity index (χ2v) is 6.61. The number of ether oxygens (including phenoxy) is 3. The monoisotopic (exact) mass is 397 g/mol. The van der Waals surface area contributed by atoms with Gasteiger partial charge in [-0.1, -0.05) is 23.2 Å². The second-order valence-electron chi connectivity index (χ2n) is 5.76. The SMILES string of the molecule is CCOC(=O)CCc1ccc(OC(C)C)nc1Oc1ccc(Cl)cc1Cl. The van der Waals surface area contributed by atoms with Gasteiger partial charge in [-0.25, -0.2) is 0 Å². The number of carbonyl (C=O) groups excluding carboxylic acids is 1. The smallest absolute Gasteiger partial charge is 0.306 e. The topological polar surface area (TPSA) is 57.7 Å². The zero-order valence-corrected chi connectivity index (χ0v) is 16.4. The van der Waals surface area contributed by atoms with E-state index in [1.807, 2.05) is 19.9 Å². The number of carbonyl (C=O) groups is 1. The van der Waals surface area contributed by atoms with Crippen LogP contribution in [-0.4, -0.2) is 23.7 Å². The average Bonchev–Trinajstić information content (AvgIpc) is 2.56. The summed E-state index contributed by atoms with van der Waals surface area (Å²) in [7, 11) is 0. The van der Waals surface area contributed by atoms with E-state index in [1.165, 1.54) is 0 Å². The molecule has 26 heavy (non-hydrogen) atoms. The molecule has 2 aromatic rings. The summed E-state index contributed by atoms with van der Waals surface area (Å²) in [4.78, 5) is 16.1. The highest BCUT2D eigenvalue weighted by molar-refractivity contribution is 6.35. The van der Waals surface area contributed by atoms with Crippen molar-refractivity contribution < 1.29 is 19.0 Å². The summed E-state index contributed by atoms with van der Waals surface area (Å²) in [5.74, 6) is 0.907. The molecule has 0 unspecified atom stereocenters. The van der Waals surface area contributed by atoms with Crippen molar-refractivity contribution in [3.8, 4) is 17.5 Å². The molecule has 1 heterocycles. The van der Waals surface area contributed by atoms with Gasteiger partial charge in [-0.3, -0.25) is 4.79 Å². The van der Waals surface area contributed by atoms with Crippen molar-refractivity contribution in [1.29, 1.82) is 0 Å². The third-order valence-electron chi connectivity index (χ3n) is 3.27. The third kappa shape index (κ3) is 6.07. The molecular formula is C19H21Cl2NO4. The van der Waals surface area contributed by atoms with Gasteiger partial charge in [0, 0.05) is 23.1 Å². The number of aryl methyl sites for hydroxylation is 1. The highest BCUT2D eigenvalue weighted by Crippen LogP contribution is 2.33. The van der Waals surface area contributed by atoms with Crippen LogP contribution in [0.5, 0.6) is 17.5 Å². The van der Waals surface area contributed by atoms with E-state index in [2.05, 4.69) is 4.98 Å². The second kappa shape index (κ2) is 9.64. The maximum Gasteiger partial charge on any atom is 0.306 e. The van der Waals surface area contributed by atoms with Crippen LogP contribution in [0.15, 0.2) is 30.3 Å². The first-order chi connectivity index (χ1) is 12.4. The zero-order valence-electron chi connectivity index (χ0n) is 14.9. The summed E-state index contributed by atoms with van der Waals surface area (Å²) in [6.07, 6.45) is 0.624. The van der Waals surface area contributed by atoms with Gasteiger partial charge in [0.15, 0.2) is 0 Å². The fourth-order valence-corrected chi connectivity index (χ4v) is 2.62. The summed E-state index contributed by atoms with van der Waals surface area (Å²) in [5.41, 5.74) is 0.750. The standard InChI is InChI=1S/C19H21Cl2NO4/c1-4-24-18(23)10-6-13-5-9-17(25-12(2)3)22-19(13)26-16-8-7-14(20)11-15(16)21/h5,7-9,11-12H,4,6,10H2,1-3H3. The van der Waals surface area contributed by atoms with Crippen LogP contribution in [-0.2, 0) is 16.0 Å². The fraction of sp³-hybridized carbons (Fsp3) is 0.368. The Labute approximate surface area is 163 Å². The fourth-order valence-electron chi connectivity index (χ4n) is 2.17. The Morgan fingerprint density at radius 2 is 1.96 bits per heavy atom. The highest BCUT2D eigenvalue weighted by Gasteiger charge is 2.14. The molecule has 0 spiro atoms. The van der Waals surface area contributed by atoms with Gasteiger partial charge in [-0.2, -0.15) is 4.98 Å². The number of pyridine rings is 1. The average molecular weight is 398 g/mol. The van der Waals surface area contributed by atoms with E-state index in [-0.39, 0.29) is 18.5 Å². The number of nitrogens with zero attached hydrogens (tertiary/aromatic N) is 1. The number of aromatic nitrogens is 1. The summed E-state index contributed by atoms with van der Waals surface area (Å²) < 4.78 is 16.5. The van der Waals surface area contributed by atoms with Crippen molar-refractivity contribution >= 4 is 29.2 Å². The molecule has 0 aliphatic carbocycles. The van der Waals surface area contributed by atoms with Gasteiger partial charge in [0.05, 0.1) is 17.7 Å². The van der Waals surface area contributed by atoms with Gasteiger partial charge >= 0.3 is 5.97 Å². The number of rotatable bonds is 8. The van der Waals surface area contributed by atoms with Gasteiger partial charge in [0.2, 0.25) is 11.8 Å². The molecule has 0 saturated heterocycles. The Morgan fingerprint density at radius 3 is 2.62 bits per heavy atom. The number of esters is 1. The van der Waals surface area contributed by atoms with Crippen molar-refractivity contribution in [2.75, 3.05) is 6.61 Å². The normalized spacial score (nSPS) is 10.7. The minimum Gasteiger partial charge on any atom is -0.475 e. The first-order valence-corrected chi connectivity index (χ1v) is 9.09. The molecule has 0 aliphatic heterocycles. The van der Waals surface area contributed by atoms with E-state index in [4.69, 9.17) is 37.4 Å². The molecule has 1 aromatic carbocycles. The van der Waals surface area contributed by atoms with E-state index in [1.54, 1.807) is 31.2 Å². The minimum atomic E-state index is -0.273. The van der Waals surface area contributed by atoms with Crippen molar-refractivity contribution in [1.82, 2.24) is 4.98 Å². The van der Waals surface area contributed by atoms with Crippen molar-refractivity contribution in [3.05, 3.63) is 45.9 Å². The predicted molar refractivity (Wildman–Crippen MR) is 101 cm³/mol. The van der Waals surface area contributed by atoms with E-state index >= 15 is 0 Å². The third-order valence-corrected chi connectivity index (χ3v) is 3.80. The van der Waals surface area contributed by atoms with Gasteiger partial charge in [0.1, 0.15) is 5.75 Å². The van der Waals surface area contributed by atoms with Gasteiger partial charge in [-0.15, -0.1) is 0 Å². The minimum absolute atomic E-state index is 0.0279. The van der Waals surface area contributed by atoms with Crippen LogP contribution in [0.1, 0.15) is 32.8 Å². The first-order valence-electron chi connectivity index (χ1n) is 8.34. The van der Waals surface area contributed by atoms with Crippen LogP contribution in [0.4, 0.5) is 0 Å². The molecule has 5 nitrogen and oxygen atoms in total. The van der Waals surface area contributed by atoms with E-state index < -0.39 is 0 Å². The summed E-state index contributed by atoms with van der Waals surface area (Å²) >= 11 is 12.1. The van der Waals surface area contributed by atoms with E-state index in [9.17, 15) is 4.79 Å². The van der Waals surface area contributed by atoms with Crippen LogP contribution in [0.3, 0.4) is 0 Å². The van der Waals surface area contributed by atoms with Crippen LogP contribution < -0.4 is 9.47 Å². The molecule has 0 N–H and O–H groups in total. The highest BCUT2D eigenvalue weighted by atomic mass is 35.5. The predicted octanol–water partition coefficient (Wildman–Crippen LogP) is 5.46. The van der Waals surface area contributed by atoms with E-state index in [0.29, 0.717) is 40.6 Å². The number of hydrogen-bond acceptors (Lipinski definition) is 5. The maximum absolute atomic E-state index is 11.6. The maximum atomic E-state index is 11.6. The lowest BCUT2D eigenvalue weighted by atomic mass is 10.1. The molecule has 0 bridgehead atoms. The lowest BCUT2D eigenvalue weighted by Crippen LogP contribution is -2.09.